The quantitative estimate of drug-likeness (QED) is 0.483. The number of unbranched alkanes of at least 4 members (excludes halogenated alkanes) is 4. The molecule has 0 aromatic carbocycles. The number of rotatable bonds is 14. The summed E-state index contributed by atoms with van der Waals surface area (Å²) in [7, 11) is -3.05. The van der Waals surface area contributed by atoms with E-state index < -0.39 is 10.0 Å². The van der Waals surface area contributed by atoms with Crippen molar-refractivity contribution in [2.24, 2.45) is 0 Å². The minimum absolute atomic E-state index is 0.255. The fraction of sp³-hybridized carbons (Fsp3) is 1.00. The summed E-state index contributed by atoms with van der Waals surface area (Å²) in [5.41, 5.74) is 0. The van der Waals surface area contributed by atoms with Gasteiger partial charge in [0.05, 0.1) is 5.75 Å². The zero-order valence-electron chi connectivity index (χ0n) is 12.4. The summed E-state index contributed by atoms with van der Waals surface area (Å²) in [5, 5.41) is 3.19. The lowest BCUT2D eigenvalue weighted by molar-refractivity contribution is 0.567. The maximum Gasteiger partial charge on any atom is 0.211 e. The molecule has 0 atom stereocenters. The fourth-order valence-corrected chi connectivity index (χ4v) is 3.42. The molecule has 0 saturated heterocycles. The molecule has 0 aliphatic carbocycles. The van der Waals surface area contributed by atoms with Gasteiger partial charge in [-0.3, -0.25) is 0 Å². The van der Waals surface area contributed by atoms with Crippen LogP contribution in [0.1, 0.15) is 45.4 Å². The Morgan fingerprint density at radius 3 is 2.32 bits per heavy atom. The SMILES string of the molecule is CCNCCCCS(=O)(=O)NCCCCCCSC. The van der Waals surface area contributed by atoms with Crippen LogP contribution >= 0.6 is 11.8 Å². The van der Waals surface area contributed by atoms with E-state index in [9.17, 15) is 8.42 Å². The Labute approximate surface area is 123 Å². The second-order valence-corrected chi connectivity index (χ2v) is 7.59. The van der Waals surface area contributed by atoms with E-state index in [2.05, 4.69) is 23.2 Å². The summed E-state index contributed by atoms with van der Waals surface area (Å²) < 4.78 is 26.0. The molecule has 0 spiro atoms. The summed E-state index contributed by atoms with van der Waals surface area (Å²) in [6.07, 6.45) is 8.27. The van der Waals surface area contributed by atoms with Crippen LogP contribution < -0.4 is 10.0 Å². The number of sulfonamides is 1. The molecule has 19 heavy (non-hydrogen) atoms. The fourth-order valence-electron chi connectivity index (χ4n) is 1.74. The van der Waals surface area contributed by atoms with Crippen molar-refractivity contribution < 1.29 is 8.42 Å². The first-order valence-corrected chi connectivity index (χ1v) is 10.3. The highest BCUT2D eigenvalue weighted by Crippen LogP contribution is 2.04. The van der Waals surface area contributed by atoms with Crippen LogP contribution in [0.5, 0.6) is 0 Å². The first-order chi connectivity index (χ1) is 9.12. The second-order valence-electron chi connectivity index (χ2n) is 4.68. The predicted octanol–water partition coefficient (Wildman–Crippen LogP) is 2.22. The van der Waals surface area contributed by atoms with Crippen molar-refractivity contribution in [1.82, 2.24) is 10.0 Å². The molecule has 6 heteroatoms. The van der Waals surface area contributed by atoms with E-state index in [0.29, 0.717) is 6.54 Å². The Kier molecular flexibility index (Phi) is 13.4. The minimum atomic E-state index is -3.05. The number of hydrogen-bond acceptors (Lipinski definition) is 4. The Morgan fingerprint density at radius 2 is 1.63 bits per heavy atom. The predicted molar refractivity (Wildman–Crippen MR) is 86.4 cm³/mol. The van der Waals surface area contributed by atoms with E-state index in [1.165, 1.54) is 18.6 Å². The van der Waals surface area contributed by atoms with Crippen molar-refractivity contribution in [3.05, 3.63) is 0 Å². The number of thioether (sulfide) groups is 1. The molecule has 4 nitrogen and oxygen atoms in total. The van der Waals surface area contributed by atoms with E-state index >= 15 is 0 Å². The third-order valence-corrected chi connectivity index (χ3v) is 5.03. The summed E-state index contributed by atoms with van der Waals surface area (Å²) in [4.78, 5) is 0. The van der Waals surface area contributed by atoms with E-state index in [1.54, 1.807) is 0 Å². The van der Waals surface area contributed by atoms with E-state index in [-0.39, 0.29) is 5.75 Å². The molecule has 0 aromatic heterocycles. The maximum absolute atomic E-state index is 11.7. The van der Waals surface area contributed by atoms with Crippen LogP contribution in [0, 0.1) is 0 Å². The van der Waals surface area contributed by atoms with Crippen LogP contribution in [-0.4, -0.2) is 45.8 Å². The van der Waals surface area contributed by atoms with Gasteiger partial charge in [-0.05, 0) is 50.8 Å². The summed E-state index contributed by atoms with van der Waals surface area (Å²) >= 11 is 1.87. The zero-order valence-corrected chi connectivity index (χ0v) is 14.0. The lowest BCUT2D eigenvalue weighted by atomic mass is 10.2. The third-order valence-electron chi connectivity index (χ3n) is 2.86. The Balaban J connectivity index is 3.41. The first-order valence-electron chi connectivity index (χ1n) is 7.29. The molecule has 0 saturated carbocycles. The molecule has 0 amide bonds. The van der Waals surface area contributed by atoms with Crippen molar-refractivity contribution >= 4 is 21.8 Å². The second kappa shape index (κ2) is 13.2. The number of nitrogens with one attached hydrogen (secondary N) is 2. The molecule has 0 unspecified atom stereocenters. The highest BCUT2D eigenvalue weighted by atomic mass is 32.2. The van der Waals surface area contributed by atoms with Gasteiger partial charge in [-0.2, -0.15) is 11.8 Å². The molecule has 0 heterocycles. The monoisotopic (exact) mass is 310 g/mol. The minimum Gasteiger partial charge on any atom is -0.317 e. The van der Waals surface area contributed by atoms with Crippen molar-refractivity contribution in [3.8, 4) is 0 Å². The molecule has 2 N–H and O–H groups in total. The van der Waals surface area contributed by atoms with Crippen LogP contribution in [0.4, 0.5) is 0 Å². The third kappa shape index (κ3) is 14.4. The summed E-state index contributed by atoms with van der Waals surface area (Å²) in [6, 6.07) is 0. The van der Waals surface area contributed by atoms with Gasteiger partial charge < -0.3 is 5.32 Å². The molecular weight excluding hydrogens is 280 g/mol. The van der Waals surface area contributed by atoms with Crippen molar-refractivity contribution in [2.45, 2.75) is 45.4 Å². The highest BCUT2D eigenvalue weighted by Gasteiger charge is 2.08. The Bertz CT molecular complexity index is 282. The van der Waals surface area contributed by atoms with Gasteiger partial charge in [-0.25, -0.2) is 13.1 Å². The molecule has 116 valence electrons. The zero-order chi connectivity index (χ0) is 14.4. The van der Waals surface area contributed by atoms with E-state index in [1.807, 2.05) is 11.8 Å². The molecule has 0 rings (SSSR count). The Morgan fingerprint density at radius 1 is 0.947 bits per heavy atom. The molecule has 0 fully saturated rings. The van der Waals surface area contributed by atoms with Gasteiger partial charge in [0, 0.05) is 6.54 Å². The average molecular weight is 311 g/mol. The standard InChI is InChI=1S/C13H30N2O2S2/c1-3-14-10-7-9-13-19(16,17)15-11-6-4-5-8-12-18-2/h14-15H,3-13H2,1-2H3. The van der Waals surface area contributed by atoms with Gasteiger partial charge >= 0.3 is 0 Å². The molecule has 0 aliphatic heterocycles. The number of hydrogen-bond donors (Lipinski definition) is 2. The smallest absolute Gasteiger partial charge is 0.211 e. The highest BCUT2D eigenvalue weighted by molar-refractivity contribution is 7.98. The van der Waals surface area contributed by atoms with Crippen LogP contribution in [0.15, 0.2) is 0 Å². The van der Waals surface area contributed by atoms with Crippen LogP contribution in [-0.2, 0) is 10.0 Å². The van der Waals surface area contributed by atoms with Crippen molar-refractivity contribution in [1.29, 1.82) is 0 Å². The van der Waals surface area contributed by atoms with Gasteiger partial charge in [0.1, 0.15) is 0 Å². The van der Waals surface area contributed by atoms with Crippen molar-refractivity contribution in [3.63, 3.8) is 0 Å². The average Bonchev–Trinajstić information content (AvgIpc) is 2.37. The largest absolute Gasteiger partial charge is 0.317 e. The molecule has 0 bridgehead atoms. The lowest BCUT2D eigenvalue weighted by Crippen LogP contribution is -2.27. The summed E-state index contributed by atoms with van der Waals surface area (Å²) in [6.45, 7) is 4.50. The maximum atomic E-state index is 11.7. The topological polar surface area (TPSA) is 58.2 Å². The summed E-state index contributed by atoms with van der Waals surface area (Å²) in [5.74, 6) is 1.46. The van der Waals surface area contributed by atoms with Crippen LogP contribution in [0.3, 0.4) is 0 Å². The van der Waals surface area contributed by atoms with Gasteiger partial charge in [0.2, 0.25) is 10.0 Å². The van der Waals surface area contributed by atoms with E-state index in [4.69, 9.17) is 0 Å². The molecule has 0 aliphatic rings. The molecular formula is C13H30N2O2S2. The van der Waals surface area contributed by atoms with E-state index in [0.717, 1.165) is 38.8 Å². The normalized spacial score (nSPS) is 11.9. The van der Waals surface area contributed by atoms with Gasteiger partial charge in [0.15, 0.2) is 0 Å². The van der Waals surface area contributed by atoms with Gasteiger partial charge in [-0.15, -0.1) is 0 Å². The van der Waals surface area contributed by atoms with Crippen molar-refractivity contribution in [2.75, 3.05) is 37.4 Å². The van der Waals surface area contributed by atoms with Crippen LogP contribution in [0.2, 0.25) is 0 Å². The van der Waals surface area contributed by atoms with Crippen LogP contribution in [0.25, 0.3) is 0 Å². The lowest BCUT2D eigenvalue weighted by Gasteiger charge is -2.07. The van der Waals surface area contributed by atoms with Gasteiger partial charge in [-0.1, -0.05) is 19.8 Å². The molecule has 0 aromatic rings. The first kappa shape index (κ1) is 19.2. The Hall–Kier alpha value is 0.220. The molecule has 0 radical (unpaired) electrons. The van der Waals surface area contributed by atoms with Gasteiger partial charge in [0.25, 0.3) is 0 Å².